The lowest BCUT2D eigenvalue weighted by Gasteiger charge is -2.28. The number of pyridine rings is 1. The molecule has 5 nitrogen and oxygen atoms in total. The Morgan fingerprint density at radius 1 is 1.29 bits per heavy atom. The van der Waals surface area contributed by atoms with Gasteiger partial charge in [0.2, 0.25) is 11.8 Å². The maximum atomic E-state index is 11.2. The number of nitrogens with zero attached hydrogens (tertiary/aromatic N) is 1. The number of hydrogen-bond acceptors (Lipinski definition) is 4. The van der Waals surface area contributed by atoms with Crippen LogP contribution in [0, 0.1) is 5.41 Å². The van der Waals surface area contributed by atoms with Gasteiger partial charge in [0.25, 0.3) is 0 Å². The molecular weight excluding hydrogens is 350 g/mol. The Hall–Kier alpha value is -2.40. The minimum atomic E-state index is -0.488. The Kier molecular flexibility index (Phi) is 6.35. The number of primary amides is 1. The highest BCUT2D eigenvalue weighted by Gasteiger charge is 2.23. The number of carbonyl (C=O) groups excluding carboxylic acids is 1. The molecular formula is C23H31N3O2. The van der Waals surface area contributed by atoms with E-state index in [1.54, 1.807) is 12.1 Å². The second kappa shape index (κ2) is 8.74. The number of aromatic nitrogens is 1. The molecule has 0 saturated carbocycles. The van der Waals surface area contributed by atoms with Gasteiger partial charge in [-0.3, -0.25) is 4.79 Å². The van der Waals surface area contributed by atoms with E-state index in [9.17, 15) is 4.79 Å². The van der Waals surface area contributed by atoms with Gasteiger partial charge in [-0.25, -0.2) is 4.98 Å². The molecule has 3 rings (SSSR count). The molecule has 0 saturated heterocycles. The molecule has 0 fully saturated rings. The van der Waals surface area contributed by atoms with E-state index in [0.29, 0.717) is 22.8 Å². The standard InChI is InChI=1S/C23H31N3O2/c1-23(2,3)12-13-25-14-16-6-4-8-19-18(16)7-5-9-20(19)28-21-11-10-17(15-26-21)22(24)27/h5,7,9-11,15-16,25H,4,6,8,12-14H2,1-3H3,(H2,24,27). The van der Waals surface area contributed by atoms with Gasteiger partial charge in [-0.05, 0) is 66.8 Å². The highest BCUT2D eigenvalue weighted by Crippen LogP contribution is 2.37. The first-order valence-electron chi connectivity index (χ1n) is 10.1. The van der Waals surface area contributed by atoms with Gasteiger partial charge in [0, 0.05) is 18.8 Å². The first-order valence-corrected chi connectivity index (χ1v) is 10.1. The smallest absolute Gasteiger partial charge is 0.250 e. The van der Waals surface area contributed by atoms with Crippen molar-refractivity contribution in [3.63, 3.8) is 0 Å². The van der Waals surface area contributed by atoms with Crippen LogP contribution in [0.1, 0.15) is 67.4 Å². The summed E-state index contributed by atoms with van der Waals surface area (Å²) in [7, 11) is 0. The summed E-state index contributed by atoms with van der Waals surface area (Å²) in [6, 6.07) is 9.61. The lowest BCUT2D eigenvalue weighted by molar-refractivity contribution is 0.1000. The zero-order valence-corrected chi connectivity index (χ0v) is 17.1. The van der Waals surface area contributed by atoms with Gasteiger partial charge in [0.1, 0.15) is 5.75 Å². The first-order chi connectivity index (χ1) is 13.3. The SMILES string of the molecule is CC(C)(C)CCNCC1CCCc2c(Oc3ccc(C(N)=O)cn3)cccc21. The van der Waals surface area contributed by atoms with Crippen molar-refractivity contribution in [3.8, 4) is 11.6 Å². The third-order valence-electron chi connectivity index (χ3n) is 5.27. The Labute approximate surface area is 167 Å². The van der Waals surface area contributed by atoms with E-state index in [0.717, 1.165) is 31.7 Å². The Morgan fingerprint density at radius 2 is 2.11 bits per heavy atom. The number of benzene rings is 1. The van der Waals surface area contributed by atoms with E-state index in [1.165, 1.54) is 30.2 Å². The van der Waals surface area contributed by atoms with Gasteiger partial charge >= 0.3 is 0 Å². The summed E-state index contributed by atoms with van der Waals surface area (Å²) in [5.41, 5.74) is 8.66. The second-order valence-electron chi connectivity index (χ2n) is 8.78. The van der Waals surface area contributed by atoms with Gasteiger partial charge in [-0.2, -0.15) is 0 Å². The molecule has 1 heterocycles. The first kappa shape index (κ1) is 20.3. The summed E-state index contributed by atoms with van der Waals surface area (Å²) in [5, 5.41) is 3.64. The third kappa shape index (κ3) is 5.32. The molecule has 1 aromatic carbocycles. The monoisotopic (exact) mass is 381 g/mol. The average Bonchev–Trinajstić information content (AvgIpc) is 2.65. The summed E-state index contributed by atoms with van der Waals surface area (Å²) in [5.74, 6) is 1.36. The zero-order valence-electron chi connectivity index (χ0n) is 17.1. The minimum absolute atomic E-state index is 0.357. The fourth-order valence-corrected chi connectivity index (χ4v) is 3.66. The van der Waals surface area contributed by atoms with E-state index in [2.05, 4.69) is 43.2 Å². The van der Waals surface area contributed by atoms with Crippen LogP contribution in [0.2, 0.25) is 0 Å². The van der Waals surface area contributed by atoms with Gasteiger partial charge in [0.15, 0.2) is 0 Å². The third-order valence-corrected chi connectivity index (χ3v) is 5.27. The molecule has 0 aliphatic heterocycles. The molecule has 28 heavy (non-hydrogen) atoms. The molecule has 1 aliphatic rings. The summed E-state index contributed by atoms with van der Waals surface area (Å²) in [6.07, 6.45) is 6.00. The molecule has 1 atom stereocenters. The number of amides is 1. The number of rotatable bonds is 7. The molecule has 1 aromatic heterocycles. The largest absolute Gasteiger partial charge is 0.439 e. The Bertz CT molecular complexity index is 810. The van der Waals surface area contributed by atoms with Crippen LogP contribution >= 0.6 is 0 Å². The molecule has 0 spiro atoms. The number of ether oxygens (including phenoxy) is 1. The maximum absolute atomic E-state index is 11.2. The van der Waals surface area contributed by atoms with Crippen molar-refractivity contribution in [2.45, 2.75) is 52.4 Å². The Morgan fingerprint density at radius 3 is 2.79 bits per heavy atom. The van der Waals surface area contributed by atoms with Gasteiger partial charge in [0.05, 0.1) is 5.56 Å². The van der Waals surface area contributed by atoms with Crippen LogP contribution in [0.3, 0.4) is 0 Å². The molecule has 150 valence electrons. The van der Waals surface area contributed by atoms with Crippen LogP contribution in [-0.4, -0.2) is 24.0 Å². The molecule has 3 N–H and O–H groups in total. The van der Waals surface area contributed by atoms with Crippen LogP contribution in [0.5, 0.6) is 11.6 Å². The van der Waals surface area contributed by atoms with Gasteiger partial charge < -0.3 is 15.8 Å². The Balaban J connectivity index is 1.69. The van der Waals surface area contributed by atoms with E-state index in [1.807, 2.05) is 6.07 Å². The molecule has 0 radical (unpaired) electrons. The van der Waals surface area contributed by atoms with Gasteiger partial charge in [-0.1, -0.05) is 32.9 Å². The van der Waals surface area contributed by atoms with E-state index in [-0.39, 0.29) is 0 Å². The predicted molar refractivity (Wildman–Crippen MR) is 112 cm³/mol. The maximum Gasteiger partial charge on any atom is 0.250 e. The highest BCUT2D eigenvalue weighted by molar-refractivity contribution is 5.92. The lowest BCUT2D eigenvalue weighted by atomic mass is 9.82. The van der Waals surface area contributed by atoms with Crippen molar-refractivity contribution < 1.29 is 9.53 Å². The normalized spacial score (nSPS) is 16.5. The fourth-order valence-electron chi connectivity index (χ4n) is 3.66. The zero-order chi connectivity index (χ0) is 20.1. The second-order valence-corrected chi connectivity index (χ2v) is 8.78. The van der Waals surface area contributed by atoms with Crippen molar-refractivity contribution in [2.24, 2.45) is 11.1 Å². The summed E-state index contributed by atoms with van der Waals surface area (Å²) < 4.78 is 6.05. The van der Waals surface area contributed by atoms with Crippen LogP contribution < -0.4 is 15.8 Å². The van der Waals surface area contributed by atoms with Crippen LogP contribution in [-0.2, 0) is 6.42 Å². The number of nitrogens with one attached hydrogen (secondary N) is 1. The van der Waals surface area contributed by atoms with Crippen LogP contribution in [0.4, 0.5) is 0 Å². The van der Waals surface area contributed by atoms with Crippen molar-refractivity contribution >= 4 is 5.91 Å². The summed E-state index contributed by atoms with van der Waals surface area (Å²) in [6.45, 7) is 8.87. The molecule has 5 heteroatoms. The van der Waals surface area contributed by atoms with Crippen LogP contribution in [0.25, 0.3) is 0 Å². The van der Waals surface area contributed by atoms with Crippen molar-refractivity contribution in [1.82, 2.24) is 10.3 Å². The molecule has 1 unspecified atom stereocenters. The minimum Gasteiger partial charge on any atom is -0.439 e. The number of fused-ring (bicyclic) bond motifs is 1. The lowest BCUT2D eigenvalue weighted by Crippen LogP contribution is -2.27. The molecule has 0 bridgehead atoms. The molecule has 1 amide bonds. The number of nitrogens with two attached hydrogens (primary N) is 1. The van der Waals surface area contributed by atoms with Crippen LogP contribution in [0.15, 0.2) is 36.5 Å². The highest BCUT2D eigenvalue weighted by atomic mass is 16.5. The van der Waals surface area contributed by atoms with E-state index < -0.39 is 5.91 Å². The number of carbonyl (C=O) groups is 1. The van der Waals surface area contributed by atoms with Crippen molar-refractivity contribution in [3.05, 3.63) is 53.2 Å². The predicted octanol–water partition coefficient (Wildman–Crippen LogP) is 4.42. The van der Waals surface area contributed by atoms with E-state index in [4.69, 9.17) is 10.5 Å². The van der Waals surface area contributed by atoms with Crippen molar-refractivity contribution in [1.29, 1.82) is 0 Å². The molecule has 2 aromatic rings. The van der Waals surface area contributed by atoms with E-state index >= 15 is 0 Å². The summed E-state index contributed by atoms with van der Waals surface area (Å²) in [4.78, 5) is 15.4. The molecule has 1 aliphatic carbocycles. The quantitative estimate of drug-likeness (QED) is 0.696. The topological polar surface area (TPSA) is 77.2 Å². The average molecular weight is 382 g/mol. The van der Waals surface area contributed by atoms with Gasteiger partial charge in [-0.15, -0.1) is 0 Å². The fraction of sp³-hybridized carbons (Fsp3) is 0.478. The summed E-state index contributed by atoms with van der Waals surface area (Å²) >= 11 is 0. The van der Waals surface area contributed by atoms with Crippen molar-refractivity contribution in [2.75, 3.05) is 13.1 Å². The number of hydrogen-bond donors (Lipinski definition) is 2.